The molecule has 0 spiro atoms. The minimum Gasteiger partial charge on any atom is -0.348 e. The number of benzene rings is 1. The van der Waals surface area contributed by atoms with Crippen LogP contribution in [0.1, 0.15) is 18.7 Å². The van der Waals surface area contributed by atoms with Crippen LogP contribution < -0.4 is 5.32 Å². The molecule has 0 bridgehead atoms. The zero-order chi connectivity index (χ0) is 14.1. The molecular formula is C15H16FN3S. The third-order valence-corrected chi connectivity index (χ3v) is 4.03. The van der Waals surface area contributed by atoms with Gasteiger partial charge in [-0.2, -0.15) is 0 Å². The highest BCUT2D eigenvalue weighted by Gasteiger charge is 2.25. The van der Waals surface area contributed by atoms with E-state index in [1.807, 2.05) is 0 Å². The van der Waals surface area contributed by atoms with Crippen LogP contribution in [0.25, 0.3) is 0 Å². The molecule has 1 aliphatic heterocycles. The van der Waals surface area contributed by atoms with Crippen molar-refractivity contribution < 1.29 is 4.39 Å². The second-order valence-corrected chi connectivity index (χ2v) is 5.32. The molecule has 0 saturated heterocycles. The standard InChI is InChI=1S/C15H16FN3S/c1-11-14-3-2-8-18(14)9-10-19(11)15(20)17-13-6-4-12(16)5-7-13/h2-8,11H,9-10H2,1H3,(H,17,20)/t11-/m1/s1. The number of hydrogen-bond donors (Lipinski definition) is 1. The van der Waals surface area contributed by atoms with Crippen molar-refractivity contribution in [3.63, 3.8) is 0 Å². The second-order valence-electron chi connectivity index (χ2n) is 4.93. The molecule has 0 amide bonds. The predicted octanol–water partition coefficient (Wildman–Crippen LogP) is 3.40. The van der Waals surface area contributed by atoms with Crippen molar-refractivity contribution in [3.8, 4) is 0 Å². The topological polar surface area (TPSA) is 20.2 Å². The molecule has 20 heavy (non-hydrogen) atoms. The maximum absolute atomic E-state index is 12.9. The Hall–Kier alpha value is -1.88. The van der Waals surface area contributed by atoms with E-state index >= 15 is 0 Å². The fourth-order valence-corrected chi connectivity index (χ4v) is 2.95. The Labute approximate surface area is 123 Å². The second kappa shape index (κ2) is 5.25. The zero-order valence-electron chi connectivity index (χ0n) is 11.2. The summed E-state index contributed by atoms with van der Waals surface area (Å²) in [6, 6.07) is 10.7. The zero-order valence-corrected chi connectivity index (χ0v) is 12.0. The number of halogens is 1. The lowest BCUT2D eigenvalue weighted by atomic mass is 10.1. The summed E-state index contributed by atoms with van der Waals surface area (Å²) in [5.41, 5.74) is 2.07. The number of anilines is 1. The molecule has 0 fully saturated rings. The van der Waals surface area contributed by atoms with E-state index in [2.05, 4.69) is 40.0 Å². The molecule has 0 saturated carbocycles. The smallest absolute Gasteiger partial charge is 0.174 e. The first-order valence-corrected chi connectivity index (χ1v) is 7.04. The van der Waals surface area contributed by atoms with Gasteiger partial charge in [0.2, 0.25) is 0 Å². The minimum absolute atomic E-state index is 0.235. The molecule has 1 N–H and O–H groups in total. The number of thiocarbonyl (C=S) groups is 1. The first-order chi connectivity index (χ1) is 9.65. The van der Waals surface area contributed by atoms with Gasteiger partial charge in [0.15, 0.2) is 5.11 Å². The van der Waals surface area contributed by atoms with Crippen LogP contribution in [0.3, 0.4) is 0 Å². The Balaban J connectivity index is 1.73. The van der Waals surface area contributed by atoms with E-state index in [9.17, 15) is 4.39 Å². The molecule has 1 atom stereocenters. The molecule has 3 rings (SSSR count). The first-order valence-electron chi connectivity index (χ1n) is 6.63. The van der Waals surface area contributed by atoms with Crippen molar-refractivity contribution in [3.05, 3.63) is 54.1 Å². The van der Waals surface area contributed by atoms with Crippen LogP contribution in [-0.2, 0) is 6.54 Å². The maximum Gasteiger partial charge on any atom is 0.174 e. The third kappa shape index (κ3) is 2.41. The summed E-state index contributed by atoms with van der Waals surface area (Å²) in [4.78, 5) is 2.16. The van der Waals surface area contributed by atoms with Crippen LogP contribution in [-0.4, -0.2) is 21.1 Å². The highest BCUT2D eigenvalue weighted by atomic mass is 32.1. The third-order valence-electron chi connectivity index (χ3n) is 3.70. The maximum atomic E-state index is 12.9. The van der Waals surface area contributed by atoms with E-state index in [4.69, 9.17) is 12.2 Å². The number of rotatable bonds is 1. The summed E-state index contributed by atoms with van der Waals surface area (Å²) in [6.07, 6.45) is 2.10. The summed E-state index contributed by atoms with van der Waals surface area (Å²) in [7, 11) is 0. The lowest BCUT2D eigenvalue weighted by molar-refractivity contribution is 0.276. The van der Waals surface area contributed by atoms with Crippen molar-refractivity contribution in [1.82, 2.24) is 9.47 Å². The summed E-state index contributed by atoms with van der Waals surface area (Å²) in [6.45, 7) is 3.94. The Morgan fingerprint density at radius 3 is 2.75 bits per heavy atom. The summed E-state index contributed by atoms with van der Waals surface area (Å²) < 4.78 is 15.1. The van der Waals surface area contributed by atoms with Gasteiger partial charge in [0, 0.05) is 30.7 Å². The number of aromatic nitrogens is 1. The van der Waals surface area contributed by atoms with Gasteiger partial charge in [0.05, 0.1) is 6.04 Å². The van der Waals surface area contributed by atoms with Gasteiger partial charge < -0.3 is 14.8 Å². The van der Waals surface area contributed by atoms with Crippen molar-refractivity contribution in [2.24, 2.45) is 0 Å². The van der Waals surface area contributed by atoms with Gasteiger partial charge in [-0.05, 0) is 55.5 Å². The molecule has 1 aromatic carbocycles. The molecular weight excluding hydrogens is 273 g/mol. The fourth-order valence-electron chi connectivity index (χ4n) is 2.58. The summed E-state index contributed by atoms with van der Waals surface area (Å²) in [5, 5.41) is 3.85. The van der Waals surface area contributed by atoms with E-state index < -0.39 is 0 Å². The normalized spacial score (nSPS) is 17.7. The van der Waals surface area contributed by atoms with Crippen LogP contribution in [0.5, 0.6) is 0 Å². The van der Waals surface area contributed by atoms with Crippen LogP contribution in [0.4, 0.5) is 10.1 Å². The molecule has 104 valence electrons. The highest BCUT2D eigenvalue weighted by molar-refractivity contribution is 7.80. The average molecular weight is 289 g/mol. The largest absolute Gasteiger partial charge is 0.348 e. The van der Waals surface area contributed by atoms with Crippen molar-refractivity contribution in [1.29, 1.82) is 0 Å². The number of nitrogens with one attached hydrogen (secondary N) is 1. The highest BCUT2D eigenvalue weighted by Crippen LogP contribution is 2.26. The van der Waals surface area contributed by atoms with Gasteiger partial charge in [-0.3, -0.25) is 0 Å². The van der Waals surface area contributed by atoms with Crippen molar-refractivity contribution in [2.45, 2.75) is 19.5 Å². The van der Waals surface area contributed by atoms with Gasteiger partial charge in [-0.15, -0.1) is 0 Å². The summed E-state index contributed by atoms with van der Waals surface area (Å²) >= 11 is 5.48. The number of fused-ring (bicyclic) bond motifs is 1. The molecule has 1 aliphatic rings. The SMILES string of the molecule is C[C@@H]1c2cccn2CCN1C(=S)Nc1ccc(F)cc1. The molecule has 0 aliphatic carbocycles. The van der Waals surface area contributed by atoms with E-state index in [1.165, 1.54) is 17.8 Å². The van der Waals surface area contributed by atoms with Crippen LogP contribution in [0.15, 0.2) is 42.6 Å². The molecule has 3 nitrogen and oxygen atoms in total. The number of hydrogen-bond acceptors (Lipinski definition) is 1. The lowest BCUT2D eigenvalue weighted by Gasteiger charge is -2.36. The van der Waals surface area contributed by atoms with Gasteiger partial charge in [-0.25, -0.2) is 4.39 Å². The van der Waals surface area contributed by atoms with Crippen molar-refractivity contribution >= 4 is 23.0 Å². The fraction of sp³-hybridized carbons (Fsp3) is 0.267. The summed E-state index contributed by atoms with van der Waals surface area (Å²) in [5.74, 6) is -0.245. The first kappa shape index (κ1) is 13.1. The van der Waals surface area contributed by atoms with Crippen LogP contribution in [0, 0.1) is 5.82 Å². The average Bonchev–Trinajstić information content (AvgIpc) is 2.91. The van der Waals surface area contributed by atoms with Crippen molar-refractivity contribution in [2.75, 3.05) is 11.9 Å². The van der Waals surface area contributed by atoms with Crippen LogP contribution in [0.2, 0.25) is 0 Å². The Morgan fingerprint density at radius 2 is 2.00 bits per heavy atom. The van der Waals surface area contributed by atoms with Gasteiger partial charge in [-0.1, -0.05) is 0 Å². The predicted molar refractivity (Wildman–Crippen MR) is 82.2 cm³/mol. The lowest BCUT2D eigenvalue weighted by Crippen LogP contribution is -2.42. The molecule has 2 heterocycles. The minimum atomic E-state index is -0.245. The van der Waals surface area contributed by atoms with E-state index in [1.54, 1.807) is 12.1 Å². The quantitative estimate of drug-likeness (QED) is 0.813. The Morgan fingerprint density at radius 1 is 1.25 bits per heavy atom. The molecule has 5 heteroatoms. The molecule has 1 aromatic heterocycles. The van der Waals surface area contributed by atoms with Gasteiger partial charge >= 0.3 is 0 Å². The number of nitrogens with zero attached hydrogens (tertiary/aromatic N) is 2. The Bertz CT molecular complexity index is 620. The van der Waals surface area contributed by atoms with E-state index in [0.717, 1.165) is 18.8 Å². The van der Waals surface area contributed by atoms with E-state index in [-0.39, 0.29) is 11.9 Å². The monoisotopic (exact) mass is 289 g/mol. The van der Waals surface area contributed by atoms with Crippen LogP contribution >= 0.6 is 12.2 Å². The Kier molecular flexibility index (Phi) is 3.44. The van der Waals surface area contributed by atoms with Gasteiger partial charge in [0.25, 0.3) is 0 Å². The molecule has 0 radical (unpaired) electrons. The van der Waals surface area contributed by atoms with Gasteiger partial charge in [0.1, 0.15) is 5.82 Å². The van der Waals surface area contributed by atoms with E-state index in [0.29, 0.717) is 5.11 Å². The molecule has 0 unspecified atom stereocenters. The molecule has 2 aromatic rings.